The predicted molar refractivity (Wildman–Crippen MR) is 159 cm³/mol. The average Bonchev–Trinajstić information content (AvgIpc) is 3.33. The molecular weight excluding hydrogens is 514 g/mol. The van der Waals surface area contributed by atoms with Gasteiger partial charge in [0.1, 0.15) is 12.6 Å². The predicted octanol–water partition coefficient (Wildman–Crippen LogP) is 6.72. The van der Waals surface area contributed by atoms with Gasteiger partial charge in [-0.2, -0.15) is 0 Å². The van der Waals surface area contributed by atoms with E-state index in [1.165, 1.54) is 0 Å². The molecule has 2 aromatic carbocycles. The quantitative estimate of drug-likeness (QED) is 0.321. The first kappa shape index (κ1) is 28.7. The number of amides is 1. The Morgan fingerprint density at radius 3 is 2.24 bits per heavy atom. The molecule has 41 heavy (non-hydrogen) atoms. The van der Waals surface area contributed by atoms with E-state index in [0.717, 1.165) is 43.2 Å². The lowest BCUT2D eigenvalue weighted by Gasteiger charge is -2.36. The van der Waals surface area contributed by atoms with E-state index in [1.54, 1.807) is 11.1 Å². The van der Waals surface area contributed by atoms with Crippen molar-refractivity contribution in [1.82, 2.24) is 9.88 Å². The Bertz CT molecular complexity index is 1320. The number of aromatic nitrogens is 1. The van der Waals surface area contributed by atoms with E-state index < -0.39 is 35.4 Å². The molecule has 2 fully saturated rings. The molecule has 1 saturated heterocycles. The Labute approximate surface area is 242 Å². The molecule has 2 aliphatic rings. The van der Waals surface area contributed by atoms with Crippen molar-refractivity contribution in [1.29, 1.82) is 0 Å². The van der Waals surface area contributed by atoms with Crippen LogP contribution in [0.1, 0.15) is 70.0 Å². The van der Waals surface area contributed by atoms with Crippen molar-refractivity contribution in [2.75, 3.05) is 5.32 Å². The Balaban J connectivity index is 1.57. The van der Waals surface area contributed by atoms with Gasteiger partial charge >= 0.3 is 5.97 Å². The monoisotopic (exact) mass is 555 g/mol. The second kappa shape index (κ2) is 12.3. The first-order chi connectivity index (χ1) is 19.8. The topological polar surface area (TPSA) is 91.8 Å². The van der Waals surface area contributed by atoms with Gasteiger partial charge in [0.25, 0.3) is 0 Å². The maximum atomic E-state index is 14.3. The van der Waals surface area contributed by atoms with E-state index in [1.807, 2.05) is 72.8 Å². The molecule has 1 aliphatic heterocycles. The Morgan fingerprint density at radius 1 is 0.951 bits per heavy atom. The molecule has 1 amide bonds. The molecule has 216 valence electrons. The number of ether oxygens (including phenoxy) is 1. The van der Waals surface area contributed by atoms with Crippen LogP contribution in [0.2, 0.25) is 0 Å². The molecule has 5 rings (SSSR count). The molecule has 0 spiro atoms. The molecule has 7 nitrogen and oxygen atoms in total. The van der Waals surface area contributed by atoms with E-state index in [2.05, 4.69) is 31.1 Å². The number of hydrogen-bond acceptors (Lipinski definition) is 5. The van der Waals surface area contributed by atoms with Crippen LogP contribution >= 0.6 is 0 Å². The van der Waals surface area contributed by atoms with Gasteiger partial charge in [-0.15, -0.1) is 0 Å². The number of carbonyl (C=O) groups is 2. The average molecular weight is 556 g/mol. The minimum Gasteiger partial charge on any atom is -0.485 e. The maximum Gasteiger partial charge on any atom is 0.326 e. The summed E-state index contributed by atoms with van der Waals surface area (Å²) in [5.41, 5.74) is 1.51. The first-order valence-electron chi connectivity index (χ1n) is 14.7. The number of nitrogens with one attached hydrogen (secondary N) is 1. The Hall–Kier alpha value is -3.87. The highest BCUT2D eigenvalue weighted by molar-refractivity contribution is 5.87. The van der Waals surface area contributed by atoms with Gasteiger partial charge in [0.05, 0.1) is 12.1 Å². The highest BCUT2D eigenvalue weighted by atomic mass is 16.5. The van der Waals surface area contributed by atoms with Crippen LogP contribution in [0.15, 0.2) is 79.0 Å². The number of carboxylic acids is 1. The van der Waals surface area contributed by atoms with Gasteiger partial charge in [-0.1, -0.05) is 101 Å². The molecule has 1 aromatic heterocycles. The number of carbonyl (C=O) groups excluding carboxylic acids is 1. The molecular formula is C34H41N3O4. The third-order valence-electron chi connectivity index (χ3n) is 8.58. The number of carboxylic acid groups (broad SMARTS) is 1. The summed E-state index contributed by atoms with van der Waals surface area (Å²) >= 11 is 0. The summed E-state index contributed by atoms with van der Waals surface area (Å²) in [6.07, 6.45) is 6.43. The summed E-state index contributed by atoms with van der Waals surface area (Å²) in [6.45, 7) is 6.55. The highest BCUT2D eigenvalue weighted by Gasteiger charge is 2.58. The number of anilines is 1. The molecule has 1 aliphatic carbocycles. The van der Waals surface area contributed by atoms with Crippen LogP contribution in [-0.4, -0.2) is 39.0 Å². The molecule has 0 bridgehead atoms. The van der Waals surface area contributed by atoms with Crippen LogP contribution in [-0.2, 0) is 16.2 Å². The minimum absolute atomic E-state index is 0.0499. The number of pyridine rings is 1. The third kappa shape index (κ3) is 6.24. The lowest BCUT2D eigenvalue weighted by atomic mass is 9.72. The molecule has 4 atom stereocenters. The number of aliphatic carboxylic acids is 1. The number of nitrogens with zero attached hydrogens (tertiary/aromatic N) is 2. The summed E-state index contributed by atoms with van der Waals surface area (Å²) in [4.78, 5) is 33.7. The van der Waals surface area contributed by atoms with Gasteiger partial charge in [-0.25, -0.2) is 9.78 Å². The smallest absolute Gasteiger partial charge is 0.326 e. The number of benzene rings is 2. The largest absolute Gasteiger partial charge is 0.485 e. The maximum absolute atomic E-state index is 14.3. The van der Waals surface area contributed by atoms with Crippen molar-refractivity contribution >= 4 is 17.7 Å². The van der Waals surface area contributed by atoms with Crippen LogP contribution in [0.25, 0.3) is 0 Å². The molecule has 3 aromatic rings. The van der Waals surface area contributed by atoms with Crippen LogP contribution < -0.4 is 10.1 Å². The molecule has 0 unspecified atom stereocenters. The van der Waals surface area contributed by atoms with Crippen LogP contribution in [0, 0.1) is 17.3 Å². The summed E-state index contributed by atoms with van der Waals surface area (Å²) in [5.74, 6) is -0.455. The van der Waals surface area contributed by atoms with Gasteiger partial charge < -0.3 is 20.1 Å². The fraction of sp³-hybridized carbons (Fsp3) is 0.441. The lowest BCUT2D eigenvalue weighted by molar-refractivity contribution is -0.154. The summed E-state index contributed by atoms with van der Waals surface area (Å²) in [7, 11) is 0. The van der Waals surface area contributed by atoms with Crippen molar-refractivity contribution in [2.45, 2.75) is 77.6 Å². The highest BCUT2D eigenvalue weighted by Crippen LogP contribution is 2.50. The number of hydrogen-bond donors (Lipinski definition) is 2. The van der Waals surface area contributed by atoms with Gasteiger partial charge in [-0.05, 0) is 41.5 Å². The van der Waals surface area contributed by atoms with E-state index in [9.17, 15) is 14.7 Å². The third-order valence-corrected chi connectivity index (χ3v) is 8.58. The first-order valence-corrected chi connectivity index (χ1v) is 14.7. The minimum atomic E-state index is -0.982. The van der Waals surface area contributed by atoms with Crippen molar-refractivity contribution in [3.8, 4) is 5.75 Å². The summed E-state index contributed by atoms with van der Waals surface area (Å²) < 4.78 is 6.22. The fourth-order valence-corrected chi connectivity index (χ4v) is 6.73. The van der Waals surface area contributed by atoms with Crippen LogP contribution in [0.4, 0.5) is 5.82 Å². The van der Waals surface area contributed by atoms with Crippen molar-refractivity contribution in [3.63, 3.8) is 0 Å². The standard InChI is InChI=1S/C34H41N3O4/c1-34(2,3)27-28(36-31-26(20-13-21-35-31)41-22-23-14-7-4-8-15-23)29(24-16-9-5-10-17-24)37(30(27)33(39)40)32(38)25-18-11-6-12-19-25/h4-5,7-10,13-17,20-21,25,27-30H,6,11-12,18-19,22H2,1-3H3,(H,35,36)(H,39,40)/t27-,28-,29-,30-/m0/s1. The zero-order valence-electron chi connectivity index (χ0n) is 24.2. The molecule has 7 heteroatoms. The van der Waals surface area contributed by atoms with Gasteiger partial charge in [0, 0.05) is 18.0 Å². The van der Waals surface area contributed by atoms with Gasteiger partial charge in [0.2, 0.25) is 5.91 Å². The van der Waals surface area contributed by atoms with Crippen molar-refractivity contribution in [2.24, 2.45) is 17.3 Å². The fourth-order valence-electron chi connectivity index (χ4n) is 6.73. The SMILES string of the molecule is CC(C)(C)[C@H]1[C@H](Nc2ncccc2OCc2ccccc2)[C@H](c2ccccc2)N(C(=O)C2CCCCC2)[C@@H]1C(=O)O. The summed E-state index contributed by atoms with van der Waals surface area (Å²) in [6, 6.07) is 21.6. The zero-order chi connectivity index (χ0) is 29.0. The molecule has 2 N–H and O–H groups in total. The van der Waals surface area contributed by atoms with Gasteiger partial charge in [0.15, 0.2) is 11.6 Å². The van der Waals surface area contributed by atoms with E-state index >= 15 is 0 Å². The second-order valence-electron chi connectivity index (χ2n) is 12.4. The van der Waals surface area contributed by atoms with E-state index in [0.29, 0.717) is 18.2 Å². The summed E-state index contributed by atoms with van der Waals surface area (Å²) in [5, 5.41) is 14.3. The van der Waals surface area contributed by atoms with Crippen LogP contribution in [0.5, 0.6) is 5.75 Å². The molecule has 0 radical (unpaired) electrons. The number of likely N-dealkylation sites (tertiary alicyclic amines) is 1. The van der Waals surface area contributed by atoms with Crippen molar-refractivity contribution < 1.29 is 19.4 Å². The molecule has 1 saturated carbocycles. The van der Waals surface area contributed by atoms with E-state index in [4.69, 9.17) is 4.74 Å². The molecule has 2 heterocycles. The Morgan fingerprint density at radius 2 is 1.61 bits per heavy atom. The van der Waals surface area contributed by atoms with E-state index in [-0.39, 0.29) is 11.8 Å². The zero-order valence-corrected chi connectivity index (χ0v) is 24.2. The van der Waals surface area contributed by atoms with Crippen LogP contribution in [0.3, 0.4) is 0 Å². The van der Waals surface area contributed by atoms with Crippen molar-refractivity contribution in [3.05, 3.63) is 90.1 Å². The Kier molecular flexibility index (Phi) is 8.62. The normalized spacial score (nSPS) is 23.2. The second-order valence-corrected chi connectivity index (χ2v) is 12.4. The lowest BCUT2D eigenvalue weighted by Crippen LogP contribution is -2.49. The van der Waals surface area contributed by atoms with Gasteiger partial charge in [-0.3, -0.25) is 4.79 Å². The number of rotatable bonds is 8.